The third-order valence-corrected chi connectivity index (χ3v) is 5.35. The summed E-state index contributed by atoms with van der Waals surface area (Å²) < 4.78 is 7.07. The summed E-state index contributed by atoms with van der Waals surface area (Å²) in [5.41, 5.74) is 0.466. The highest BCUT2D eigenvalue weighted by Gasteiger charge is 2.53. The molecule has 6 heteroatoms. The van der Waals surface area contributed by atoms with E-state index in [1.165, 1.54) is 0 Å². The predicted octanol–water partition coefficient (Wildman–Crippen LogP) is 3.15. The Balaban J connectivity index is 2.19. The van der Waals surface area contributed by atoms with Gasteiger partial charge in [0, 0.05) is 18.0 Å². The number of rotatable bonds is 1. The third-order valence-electron chi connectivity index (χ3n) is 4.42. The quantitative estimate of drug-likeness (QED) is 0.756. The van der Waals surface area contributed by atoms with E-state index in [2.05, 4.69) is 46.9 Å². The van der Waals surface area contributed by atoms with Gasteiger partial charge in [-0.15, -0.1) is 0 Å². The first-order chi connectivity index (χ1) is 9.38. The summed E-state index contributed by atoms with van der Waals surface area (Å²) in [4.78, 5) is 2.08. The number of thiocarbonyl (C=S) groups is 1. The molecule has 20 heavy (non-hydrogen) atoms. The highest BCUT2D eigenvalue weighted by Crippen LogP contribution is 2.51. The van der Waals surface area contributed by atoms with Gasteiger partial charge in [-0.25, -0.2) is 0 Å². The molecule has 0 amide bonds. The fourth-order valence-electron chi connectivity index (χ4n) is 3.19. The molecule has 0 aromatic heterocycles. The molecule has 1 aromatic carbocycles. The number of phenols is 1. The van der Waals surface area contributed by atoms with Gasteiger partial charge in [0.25, 0.3) is 0 Å². The number of nitrogens with one attached hydrogen (secondary N) is 1. The van der Waals surface area contributed by atoms with Crippen LogP contribution in [-0.4, -0.2) is 27.4 Å². The number of hydrogen-bond acceptors (Lipinski definition) is 3. The molecule has 3 atom stereocenters. The van der Waals surface area contributed by atoms with Crippen LogP contribution in [0.5, 0.6) is 11.5 Å². The second-order valence-corrected chi connectivity index (χ2v) is 6.70. The van der Waals surface area contributed by atoms with Crippen molar-refractivity contribution in [3.63, 3.8) is 0 Å². The third kappa shape index (κ3) is 1.74. The number of halogens is 1. The van der Waals surface area contributed by atoms with Gasteiger partial charge in [0.1, 0.15) is 11.5 Å². The SMILES string of the molecule is CCN1C(=S)NC2c3cc(O)cc(Br)c3OC1(C)C2C. The van der Waals surface area contributed by atoms with Crippen molar-refractivity contribution in [1.29, 1.82) is 0 Å². The fraction of sp³-hybridized carbons (Fsp3) is 0.500. The van der Waals surface area contributed by atoms with E-state index in [0.29, 0.717) is 5.11 Å². The molecule has 2 aliphatic heterocycles. The van der Waals surface area contributed by atoms with E-state index >= 15 is 0 Å². The first-order valence-corrected chi connectivity index (χ1v) is 7.88. The van der Waals surface area contributed by atoms with E-state index in [-0.39, 0.29) is 17.7 Å². The maximum Gasteiger partial charge on any atom is 0.186 e. The number of hydrogen-bond donors (Lipinski definition) is 2. The highest BCUT2D eigenvalue weighted by atomic mass is 79.9. The number of fused-ring (bicyclic) bond motifs is 4. The summed E-state index contributed by atoms with van der Waals surface area (Å²) in [6.07, 6.45) is 0. The van der Waals surface area contributed by atoms with Crippen molar-refractivity contribution in [1.82, 2.24) is 10.2 Å². The Morgan fingerprint density at radius 2 is 2.25 bits per heavy atom. The number of nitrogens with zero attached hydrogens (tertiary/aromatic N) is 1. The minimum absolute atomic E-state index is 0.0439. The van der Waals surface area contributed by atoms with Crippen molar-refractivity contribution in [2.24, 2.45) is 5.92 Å². The molecule has 1 fully saturated rings. The van der Waals surface area contributed by atoms with Crippen LogP contribution in [0.2, 0.25) is 0 Å². The van der Waals surface area contributed by atoms with Gasteiger partial charge >= 0.3 is 0 Å². The summed E-state index contributed by atoms with van der Waals surface area (Å²) in [6.45, 7) is 7.06. The van der Waals surface area contributed by atoms with Crippen molar-refractivity contribution in [3.8, 4) is 11.5 Å². The molecule has 2 bridgehead atoms. The lowest BCUT2D eigenvalue weighted by Gasteiger charge is -2.56. The topological polar surface area (TPSA) is 44.7 Å². The van der Waals surface area contributed by atoms with Crippen LogP contribution in [0.4, 0.5) is 0 Å². The lowest BCUT2D eigenvalue weighted by molar-refractivity contribution is -0.109. The summed E-state index contributed by atoms with van der Waals surface area (Å²) in [5.74, 6) is 1.21. The van der Waals surface area contributed by atoms with Crippen molar-refractivity contribution in [2.45, 2.75) is 32.5 Å². The van der Waals surface area contributed by atoms with Crippen molar-refractivity contribution < 1.29 is 9.84 Å². The molecule has 3 rings (SSSR count). The zero-order valence-electron chi connectivity index (χ0n) is 11.6. The van der Waals surface area contributed by atoms with E-state index in [0.717, 1.165) is 22.3 Å². The van der Waals surface area contributed by atoms with Gasteiger partial charge in [0.05, 0.1) is 10.5 Å². The van der Waals surface area contributed by atoms with Gasteiger partial charge in [-0.05, 0) is 54.1 Å². The molecule has 1 saturated heterocycles. The monoisotopic (exact) mass is 356 g/mol. The Bertz CT molecular complexity index is 595. The second kappa shape index (κ2) is 4.49. The van der Waals surface area contributed by atoms with Crippen LogP contribution in [0.3, 0.4) is 0 Å². The number of ether oxygens (including phenoxy) is 1. The maximum atomic E-state index is 9.82. The molecule has 2 aliphatic rings. The molecule has 2 heterocycles. The molecule has 0 spiro atoms. The molecule has 0 saturated carbocycles. The minimum atomic E-state index is -0.478. The minimum Gasteiger partial charge on any atom is -0.508 e. The van der Waals surface area contributed by atoms with Gasteiger partial charge in [0.15, 0.2) is 10.8 Å². The van der Waals surface area contributed by atoms with Crippen LogP contribution in [0.1, 0.15) is 32.4 Å². The van der Waals surface area contributed by atoms with Crippen molar-refractivity contribution >= 4 is 33.3 Å². The first kappa shape index (κ1) is 13.9. The summed E-state index contributed by atoms with van der Waals surface area (Å²) in [7, 11) is 0. The lowest BCUT2D eigenvalue weighted by Crippen LogP contribution is -2.68. The standard InChI is InChI=1S/C14H17BrN2O2S/c1-4-17-13(20)16-11-7(2)14(17,3)19-12-9(11)5-8(18)6-10(12)15/h5-7,11,18H,4H2,1-3H3,(H,16,20). The number of aromatic hydroxyl groups is 1. The van der Waals surface area contributed by atoms with Gasteiger partial charge in [-0.1, -0.05) is 6.92 Å². The van der Waals surface area contributed by atoms with Gasteiger partial charge in [-0.2, -0.15) is 0 Å². The first-order valence-electron chi connectivity index (χ1n) is 6.68. The van der Waals surface area contributed by atoms with Crippen LogP contribution in [0, 0.1) is 5.92 Å². The van der Waals surface area contributed by atoms with E-state index in [4.69, 9.17) is 17.0 Å². The molecular weight excluding hydrogens is 340 g/mol. The summed E-state index contributed by atoms with van der Waals surface area (Å²) in [5, 5.41) is 13.9. The zero-order valence-corrected chi connectivity index (χ0v) is 14.0. The maximum absolute atomic E-state index is 9.82. The summed E-state index contributed by atoms with van der Waals surface area (Å²) in [6, 6.07) is 3.45. The van der Waals surface area contributed by atoms with Crippen LogP contribution >= 0.6 is 28.1 Å². The predicted molar refractivity (Wildman–Crippen MR) is 84.9 cm³/mol. The van der Waals surface area contributed by atoms with E-state index < -0.39 is 5.72 Å². The average molecular weight is 357 g/mol. The molecule has 0 aliphatic carbocycles. The fourth-order valence-corrected chi connectivity index (χ4v) is 4.17. The van der Waals surface area contributed by atoms with Gasteiger partial charge in [-0.3, -0.25) is 0 Å². The Morgan fingerprint density at radius 1 is 1.55 bits per heavy atom. The molecule has 4 nitrogen and oxygen atoms in total. The van der Waals surface area contributed by atoms with Crippen molar-refractivity contribution in [3.05, 3.63) is 22.2 Å². The second-order valence-electron chi connectivity index (χ2n) is 5.46. The molecular formula is C14H17BrN2O2S. The van der Waals surface area contributed by atoms with E-state index in [9.17, 15) is 5.11 Å². The largest absolute Gasteiger partial charge is 0.508 e. The van der Waals surface area contributed by atoms with E-state index in [1.807, 2.05) is 0 Å². The average Bonchev–Trinajstić information content (AvgIpc) is 2.36. The molecule has 2 N–H and O–H groups in total. The lowest BCUT2D eigenvalue weighted by atomic mass is 9.81. The van der Waals surface area contributed by atoms with Gasteiger partial charge < -0.3 is 20.1 Å². The van der Waals surface area contributed by atoms with Crippen LogP contribution < -0.4 is 10.1 Å². The smallest absolute Gasteiger partial charge is 0.186 e. The summed E-state index contributed by atoms with van der Waals surface area (Å²) >= 11 is 8.94. The Labute approximate surface area is 132 Å². The normalized spacial score (nSPS) is 31.4. The zero-order chi connectivity index (χ0) is 14.7. The molecule has 3 unspecified atom stereocenters. The van der Waals surface area contributed by atoms with E-state index in [1.54, 1.807) is 12.1 Å². The Kier molecular flexibility index (Phi) is 3.14. The Morgan fingerprint density at radius 3 is 2.90 bits per heavy atom. The highest BCUT2D eigenvalue weighted by molar-refractivity contribution is 9.10. The molecule has 108 valence electrons. The molecule has 0 radical (unpaired) electrons. The molecule has 1 aromatic rings. The Hall–Kier alpha value is -1.01. The number of phenolic OH excluding ortho intramolecular Hbond substituents is 1. The number of benzene rings is 1. The van der Waals surface area contributed by atoms with Gasteiger partial charge in [0.2, 0.25) is 0 Å². The van der Waals surface area contributed by atoms with Crippen molar-refractivity contribution in [2.75, 3.05) is 6.54 Å². The van der Waals surface area contributed by atoms with Crippen LogP contribution in [0.15, 0.2) is 16.6 Å². The van der Waals surface area contributed by atoms with Crippen LogP contribution in [0.25, 0.3) is 0 Å². The van der Waals surface area contributed by atoms with Crippen LogP contribution in [-0.2, 0) is 0 Å².